The van der Waals surface area contributed by atoms with Gasteiger partial charge in [-0.3, -0.25) is 4.98 Å². The molecule has 8 aromatic carbocycles. The maximum absolute atomic E-state index is 7.12. The summed E-state index contributed by atoms with van der Waals surface area (Å²) in [5, 5.41) is 1.09. The zero-order chi connectivity index (χ0) is 39.6. The van der Waals surface area contributed by atoms with Gasteiger partial charge in [-0.05, 0) is 57.1 Å². The summed E-state index contributed by atoms with van der Waals surface area (Å²) in [4.78, 5) is 20.1. The van der Waals surface area contributed by atoms with E-state index in [0.29, 0.717) is 17.5 Å². The highest BCUT2D eigenvalue weighted by atomic mass is 16.5. The molecule has 0 fully saturated rings. The third-order valence-electron chi connectivity index (χ3n) is 12.1. The Labute approximate surface area is 347 Å². The molecule has 12 rings (SSSR count). The van der Waals surface area contributed by atoms with Crippen molar-refractivity contribution in [1.29, 1.82) is 0 Å². The van der Waals surface area contributed by atoms with E-state index in [0.717, 1.165) is 72.5 Å². The van der Waals surface area contributed by atoms with Crippen molar-refractivity contribution < 1.29 is 4.74 Å². The van der Waals surface area contributed by atoms with Crippen molar-refractivity contribution in [3.8, 4) is 79.0 Å². The molecule has 0 saturated carbocycles. The van der Waals surface area contributed by atoms with Crippen molar-refractivity contribution in [2.75, 3.05) is 0 Å². The molecule has 0 saturated heterocycles. The fraction of sp³-hybridized carbons (Fsp3) is 0.0182. The van der Waals surface area contributed by atoms with Crippen LogP contribution in [0, 0.1) is 0 Å². The van der Waals surface area contributed by atoms with Crippen LogP contribution < -0.4 is 4.74 Å². The van der Waals surface area contributed by atoms with Gasteiger partial charge in [0.05, 0.1) is 10.9 Å². The minimum absolute atomic E-state index is 0.569. The summed E-state index contributed by atoms with van der Waals surface area (Å²) < 4.78 is 7.12. The van der Waals surface area contributed by atoms with E-state index in [4.69, 9.17) is 24.7 Å². The second-order valence-corrected chi connectivity index (χ2v) is 15.4. The number of pyridine rings is 1. The maximum Gasteiger partial charge on any atom is 0.164 e. The number of nitrogens with zero attached hydrogens (tertiary/aromatic N) is 4. The van der Waals surface area contributed by atoms with Gasteiger partial charge in [0.1, 0.15) is 11.5 Å². The predicted molar refractivity (Wildman–Crippen MR) is 240 cm³/mol. The van der Waals surface area contributed by atoms with E-state index in [-0.39, 0.29) is 0 Å². The molecular formula is C55H34N4O. The molecule has 1 spiro atoms. The van der Waals surface area contributed by atoms with Crippen LogP contribution in [0.1, 0.15) is 22.3 Å². The van der Waals surface area contributed by atoms with Crippen LogP contribution in [0.25, 0.3) is 78.4 Å². The molecule has 5 nitrogen and oxygen atoms in total. The van der Waals surface area contributed by atoms with Crippen molar-refractivity contribution in [3.05, 3.63) is 229 Å². The molecule has 0 unspecified atom stereocenters. The van der Waals surface area contributed by atoms with Crippen LogP contribution in [0.2, 0.25) is 0 Å². The quantitative estimate of drug-likeness (QED) is 0.175. The monoisotopic (exact) mass is 766 g/mol. The van der Waals surface area contributed by atoms with Gasteiger partial charge in [-0.25, -0.2) is 15.0 Å². The highest BCUT2D eigenvalue weighted by molar-refractivity contribution is 5.95. The van der Waals surface area contributed by atoms with Crippen molar-refractivity contribution in [1.82, 2.24) is 19.9 Å². The van der Waals surface area contributed by atoms with Crippen LogP contribution in [-0.4, -0.2) is 19.9 Å². The van der Waals surface area contributed by atoms with E-state index in [1.54, 1.807) is 0 Å². The van der Waals surface area contributed by atoms with Crippen LogP contribution in [0.4, 0.5) is 0 Å². The van der Waals surface area contributed by atoms with Crippen molar-refractivity contribution >= 4 is 10.9 Å². The second-order valence-electron chi connectivity index (χ2n) is 15.4. The Morgan fingerprint density at radius 1 is 0.333 bits per heavy atom. The molecule has 1 aliphatic carbocycles. The summed E-state index contributed by atoms with van der Waals surface area (Å²) >= 11 is 0. The Morgan fingerprint density at radius 3 is 1.47 bits per heavy atom. The third kappa shape index (κ3) is 5.26. The lowest BCUT2D eigenvalue weighted by molar-refractivity contribution is 0.437. The summed E-state index contributed by atoms with van der Waals surface area (Å²) in [7, 11) is 0. The molecule has 2 aromatic heterocycles. The van der Waals surface area contributed by atoms with Gasteiger partial charge < -0.3 is 4.74 Å². The number of aromatic nitrogens is 4. The Kier molecular flexibility index (Phi) is 7.69. The van der Waals surface area contributed by atoms with Crippen molar-refractivity contribution in [3.63, 3.8) is 0 Å². The molecule has 5 heteroatoms. The molecular weight excluding hydrogens is 733 g/mol. The number of fused-ring (bicyclic) bond motifs is 10. The molecule has 2 aliphatic rings. The Morgan fingerprint density at radius 2 is 0.800 bits per heavy atom. The first-order valence-electron chi connectivity index (χ1n) is 20.2. The van der Waals surface area contributed by atoms with E-state index in [1.165, 1.54) is 22.3 Å². The first-order chi connectivity index (χ1) is 29.7. The van der Waals surface area contributed by atoms with Crippen LogP contribution >= 0.6 is 0 Å². The summed E-state index contributed by atoms with van der Waals surface area (Å²) in [6, 6.07) is 70.1. The molecule has 280 valence electrons. The smallest absolute Gasteiger partial charge is 0.164 e. The Bertz CT molecular complexity index is 3240. The third-order valence-corrected chi connectivity index (χ3v) is 12.1. The van der Waals surface area contributed by atoms with Gasteiger partial charge in [0.15, 0.2) is 17.5 Å². The number of hydrogen-bond acceptors (Lipinski definition) is 5. The molecule has 1 aliphatic heterocycles. The van der Waals surface area contributed by atoms with E-state index < -0.39 is 5.41 Å². The minimum Gasteiger partial charge on any atom is -0.457 e. The lowest BCUT2D eigenvalue weighted by Gasteiger charge is -2.39. The highest BCUT2D eigenvalue weighted by Gasteiger charge is 2.51. The topological polar surface area (TPSA) is 60.8 Å². The van der Waals surface area contributed by atoms with Crippen LogP contribution in [0.5, 0.6) is 11.5 Å². The number of benzene rings is 8. The van der Waals surface area contributed by atoms with Gasteiger partial charge in [0.2, 0.25) is 0 Å². The van der Waals surface area contributed by atoms with Crippen LogP contribution in [0.3, 0.4) is 0 Å². The van der Waals surface area contributed by atoms with E-state index in [9.17, 15) is 0 Å². The van der Waals surface area contributed by atoms with Gasteiger partial charge in [0, 0.05) is 45.0 Å². The van der Waals surface area contributed by atoms with E-state index in [1.807, 2.05) is 48.7 Å². The van der Waals surface area contributed by atoms with Gasteiger partial charge >= 0.3 is 0 Å². The molecule has 3 heterocycles. The normalized spacial score (nSPS) is 12.9. The zero-order valence-corrected chi connectivity index (χ0v) is 32.3. The summed E-state index contributed by atoms with van der Waals surface area (Å²) in [6.45, 7) is 0. The summed E-state index contributed by atoms with van der Waals surface area (Å²) in [6.07, 6.45) is 1.86. The number of rotatable bonds is 5. The molecule has 0 N–H and O–H groups in total. The highest BCUT2D eigenvalue weighted by Crippen LogP contribution is 2.62. The summed E-state index contributed by atoms with van der Waals surface area (Å²) in [5.74, 6) is 3.34. The second kappa shape index (κ2) is 13.5. The van der Waals surface area contributed by atoms with Crippen molar-refractivity contribution in [2.45, 2.75) is 5.41 Å². The lowest BCUT2D eigenvalue weighted by Crippen LogP contribution is -2.32. The molecule has 0 bridgehead atoms. The molecule has 60 heavy (non-hydrogen) atoms. The van der Waals surface area contributed by atoms with Gasteiger partial charge in [-0.15, -0.1) is 0 Å². The lowest BCUT2D eigenvalue weighted by atomic mass is 9.66. The van der Waals surface area contributed by atoms with Gasteiger partial charge in [0.25, 0.3) is 0 Å². The SMILES string of the molecule is c1ccc(-c2ccc(-c3nc(-c4ccccc4)nc(-c4ccc5c(c4)Oc4cc(-c6cccc7cccnc67)ccc4C54c5ccccc5-c5ccccc54)n3)cc2)cc1. The Hall–Kier alpha value is -8.02. The summed E-state index contributed by atoms with van der Waals surface area (Å²) in [5.41, 5.74) is 14.5. The number of ether oxygens (including phenoxy) is 1. The molecule has 0 radical (unpaired) electrons. The number of hydrogen-bond donors (Lipinski definition) is 0. The van der Waals surface area contributed by atoms with Gasteiger partial charge in [-0.2, -0.15) is 0 Å². The predicted octanol–water partition coefficient (Wildman–Crippen LogP) is 13.2. The van der Waals surface area contributed by atoms with Crippen LogP contribution in [0.15, 0.2) is 206 Å². The average molecular weight is 767 g/mol. The maximum atomic E-state index is 7.12. The first-order valence-corrected chi connectivity index (χ1v) is 20.2. The fourth-order valence-corrected chi connectivity index (χ4v) is 9.35. The van der Waals surface area contributed by atoms with E-state index in [2.05, 4.69) is 158 Å². The first kappa shape index (κ1) is 34.1. The van der Waals surface area contributed by atoms with Gasteiger partial charge in [-0.1, -0.05) is 182 Å². The zero-order valence-electron chi connectivity index (χ0n) is 32.3. The van der Waals surface area contributed by atoms with E-state index >= 15 is 0 Å². The molecule has 10 aromatic rings. The van der Waals surface area contributed by atoms with Crippen molar-refractivity contribution in [2.24, 2.45) is 0 Å². The van der Waals surface area contributed by atoms with Crippen LogP contribution in [-0.2, 0) is 5.41 Å². The molecule has 0 atom stereocenters. The average Bonchev–Trinajstić information content (AvgIpc) is 3.62. The number of para-hydroxylation sites is 1. The minimum atomic E-state index is -0.621. The fourth-order valence-electron chi connectivity index (χ4n) is 9.35. The largest absolute Gasteiger partial charge is 0.457 e. The molecule has 0 amide bonds. The Balaban J connectivity index is 1.05. The standard InChI is InChI=1S/C55H34N4O/c1-3-13-35(14-4-1)36-24-26-39(27-25-36)53-57-52(38-15-5-2-6-16-38)58-54(59-53)41-29-31-48-50(34-41)60-49-33-40(42-21-11-17-37-18-12-32-56-51(37)42)28-30-47(49)55(48)45-22-9-7-19-43(45)44-20-8-10-23-46(44)55/h1-34H.